The highest BCUT2D eigenvalue weighted by molar-refractivity contribution is 7.99. The van der Waals surface area contributed by atoms with E-state index in [0.29, 0.717) is 22.4 Å². The Hall–Kier alpha value is -3.85. The van der Waals surface area contributed by atoms with Crippen LogP contribution in [0.5, 0.6) is 5.75 Å². The van der Waals surface area contributed by atoms with Crippen LogP contribution in [0, 0.1) is 0 Å². The lowest BCUT2D eigenvalue weighted by molar-refractivity contribution is -0.121. The summed E-state index contributed by atoms with van der Waals surface area (Å²) >= 11 is 1.30. The number of carbonyl (C=O) groups excluding carboxylic acids is 2. The Balaban J connectivity index is 1.27. The van der Waals surface area contributed by atoms with E-state index >= 15 is 0 Å². The number of aromatic nitrogens is 3. The molecule has 2 amide bonds. The average Bonchev–Trinajstić information content (AvgIpc) is 3.22. The third-order valence-corrected chi connectivity index (χ3v) is 6.76. The number of fused-ring (bicyclic) bond motifs is 2. The molecule has 172 valence electrons. The third-order valence-electron chi connectivity index (χ3n) is 5.74. The summed E-state index contributed by atoms with van der Waals surface area (Å²) < 4.78 is 7.37. The van der Waals surface area contributed by atoms with Crippen LogP contribution < -0.4 is 15.0 Å². The molecule has 5 rings (SSSR count). The van der Waals surface area contributed by atoms with Crippen LogP contribution in [0.1, 0.15) is 18.8 Å². The minimum Gasteiger partial charge on any atom is -0.482 e. The number of carbonyl (C=O) groups is 2. The number of amides is 2. The van der Waals surface area contributed by atoms with Gasteiger partial charge in [0.15, 0.2) is 17.6 Å². The first-order valence-corrected chi connectivity index (χ1v) is 11.8. The first-order valence-electron chi connectivity index (χ1n) is 10.9. The Kier molecular flexibility index (Phi) is 5.93. The lowest BCUT2D eigenvalue weighted by Gasteiger charge is -2.33. The zero-order chi connectivity index (χ0) is 23.7. The average molecular weight is 474 g/mol. The van der Waals surface area contributed by atoms with Crippen molar-refractivity contribution in [1.82, 2.24) is 14.8 Å². The summed E-state index contributed by atoms with van der Waals surface area (Å²) in [7, 11) is 1.84. The van der Waals surface area contributed by atoms with Gasteiger partial charge in [0.2, 0.25) is 5.91 Å². The van der Waals surface area contributed by atoms with E-state index in [4.69, 9.17) is 4.74 Å². The van der Waals surface area contributed by atoms with Gasteiger partial charge in [-0.05, 0) is 42.0 Å². The highest BCUT2D eigenvalue weighted by Gasteiger charge is 2.32. The summed E-state index contributed by atoms with van der Waals surface area (Å²) in [5.41, 5.74) is 1.46. The standard InChI is InChI=1S/C25H23N5O3S/c1-16(30-20-9-5-6-10-21(20)33-14-23(30)32)24-27-28-25(29(24)2)34-15-22(31)26-19-12-11-17-7-3-4-8-18(17)13-19/h3-13,16H,14-15H2,1-2H3,(H,26,31). The molecule has 1 atom stereocenters. The number of thioether (sulfide) groups is 1. The summed E-state index contributed by atoms with van der Waals surface area (Å²) in [6.45, 7) is 1.89. The number of ether oxygens (including phenoxy) is 1. The molecule has 9 heteroatoms. The van der Waals surface area contributed by atoms with E-state index in [9.17, 15) is 9.59 Å². The molecule has 3 aromatic carbocycles. The number of nitrogens with zero attached hydrogens (tertiary/aromatic N) is 4. The van der Waals surface area contributed by atoms with Crippen molar-refractivity contribution in [1.29, 1.82) is 0 Å². The van der Waals surface area contributed by atoms with E-state index in [1.807, 2.05) is 85.3 Å². The lowest BCUT2D eigenvalue weighted by Crippen LogP contribution is -2.41. The molecule has 0 spiro atoms. The highest BCUT2D eigenvalue weighted by Crippen LogP contribution is 2.37. The van der Waals surface area contributed by atoms with E-state index in [0.717, 1.165) is 16.5 Å². The largest absolute Gasteiger partial charge is 0.482 e. The van der Waals surface area contributed by atoms with Crippen molar-refractivity contribution in [2.24, 2.45) is 7.05 Å². The van der Waals surface area contributed by atoms with Crippen molar-refractivity contribution < 1.29 is 14.3 Å². The van der Waals surface area contributed by atoms with Gasteiger partial charge in [0, 0.05) is 12.7 Å². The number of rotatable bonds is 6. The maximum Gasteiger partial charge on any atom is 0.265 e. The molecule has 4 aromatic rings. The predicted molar refractivity (Wildman–Crippen MR) is 132 cm³/mol. The van der Waals surface area contributed by atoms with E-state index < -0.39 is 0 Å². The summed E-state index contributed by atoms with van der Waals surface area (Å²) in [5, 5.41) is 14.3. The molecule has 2 heterocycles. The number of hydrogen-bond donors (Lipinski definition) is 1. The van der Waals surface area contributed by atoms with Crippen molar-refractivity contribution in [3.63, 3.8) is 0 Å². The molecule has 8 nitrogen and oxygen atoms in total. The smallest absolute Gasteiger partial charge is 0.265 e. The van der Waals surface area contributed by atoms with Gasteiger partial charge < -0.3 is 14.6 Å². The van der Waals surface area contributed by atoms with Crippen LogP contribution in [0.2, 0.25) is 0 Å². The SMILES string of the molecule is CC(c1nnc(SCC(=O)Nc2ccc3ccccc3c2)n1C)N1C(=O)COc2ccccc21. The lowest BCUT2D eigenvalue weighted by atomic mass is 10.1. The van der Waals surface area contributed by atoms with Crippen LogP contribution in [0.4, 0.5) is 11.4 Å². The van der Waals surface area contributed by atoms with Crippen LogP contribution in [-0.4, -0.2) is 38.9 Å². The minimum absolute atomic E-state index is 0.0181. The topological polar surface area (TPSA) is 89.4 Å². The summed E-state index contributed by atoms with van der Waals surface area (Å²) in [5.74, 6) is 1.21. The number of hydrogen-bond acceptors (Lipinski definition) is 6. The van der Waals surface area contributed by atoms with Gasteiger partial charge in [-0.1, -0.05) is 54.2 Å². The molecule has 1 aliphatic rings. The fourth-order valence-corrected chi connectivity index (χ4v) is 4.79. The van der Waals surface area contributed by atoms with Crippen molar-refractivity contribution in [3.8, 4) is 5.75 Å². The van der Waals surface area contributed by atoms with Gasteiger partial charge in [0.05, 0.1) is 17.5 Å². The zero-order valence-corrected chi connectivity index (χ0v) is 19.6. The Morgan fingerprint density at radius 2 is 1.85 bits per heavy atom. The van der Waals surface area contributed by atoms with Crippen molar-refractivity contribution in [2.75, 3.05) is 22.6 Å². The Labute approximate surface area is 200 Å². The summed E-state index contributed by atoms with van der Waals surface area (Å²) in [6.07, 6.45) is 0. The monoisotopic (exact) mass is 473 g/mol. The summed E-state index contributed by atoms with van der Waals surface area (Å²) in [4.78, 5) is 26.9. The molecule has 0 fully saturated rings. The maximum atomic E-state index is 12.6. The molecule has 1 unspecified atom stereocenters. The molecule has 0 aliphatic carbocycles. The van der Waals surface area contributed by atoms with Crippen LogP contribution in [0.15, 0.2) is 71.9 Å². The molecule has 0 saturated heterocycles. The number of para-hydroxylation sites is 2. The second-order valence-corrected chi connectivity index (χ2v) is 8.94. The Morgan fingerprint density at radius 1 is 1.09 bits per heavy atom. The van der Waals surface area contributed by atoms with Crippen molar-refractivity contribution >= 4 is 45.7 Å². The first kappa shape index (κ1) is 22.0. The number of benzene rings is 3. The Bertz CT molecular complexity index is 1390. The third kappa shape index (κ3) is 4.22. The first-order chi connectivity index (χ1) is 16.5. The van der Waals surface area contributed by atoms with E-state index in [1.165, 1.54) is 11.8 Å². The van der Waals surface area contributed by atoms with Crippen LogP contribution in [0.25, 0.3) is 10.8 Å². The van der Waals surface area contributed by atoms with Gasteiger partial charge in [-0.15, -0.1) is 10.2 Å². The molecule has 1 aliphatic heterocycles. The Morgan fingerprint density at radius 3 is 2.71 bits per heavy atom. The normalized spacial score (nSPS) is 13.9. The van der Waals surface area contributed by atoms with Crippen LogP contribution in [-0.2, 0) is 16.6 Å². The predicted octanol–water partition coefficient (Wildman–Crippen LogP) is 4.19. The molecular formula is C25H23N5O3S. The zero-order valence-electron chi connectivity index (χ0n) is 18.8. The quantitative estimate of drug-likeness (QED) is 0.423. The highest BCUT2D eigenvalue weighted by atomic mass is 32.2. The molecule has 34 heavy (non-hydrogen) atoms. The second kappa shape index (κ2) is 9.18. The van der Waals surface area contributed by atoms with E-state index in [-0.39, 0.29) is 30.2 Å². The molecule has 1 N–H and O–H groups in total. The minimum atomic E-state index is -0.351. The molecule has 0 radical (unpaired) electrons. The van der Waals surface area contributed by atoms with Gasteiger partial charge in [-0.3, -0.25) is 14.5 Å². The fraction of sp³-hybridized carbons (Fsp3) is 0.200. The van der Waals surface area contributed by atoms with Crippen molar-refractivity contribution in [3.05, 3.63) is 72.6 Å². The second-order valence-electron chi connectivity index (χ2n) is 7.99. The number of nitrogens with one attached hydrogen (secondary N) is 1. The molecule has 1 aromatic heterocycles. The van der Waals surface area contributed by atoms with E-state index in [2.05, 4.69) is 15.5 Å². The van der Waals surface area contributed by atoms with Crippen LogP contribution >= 0.6 is 11.8 Å². The van der Waals surface area contributed by atoms with Gasteiger partial charge in [-0.25, -0.2) is 0 Å². The van der Waals surface area contributed by atoms with Gasteiger partial charge in [0.1, 0.15) is 5.75 Å². The molecule has 0 saturated carbocycles. The fourth-order valence-electron chi connectivity index (χ4n) is 4.07. The van der Waals surface area contributed by atoms with Crippen LogP contribution in [0.3, 0.4) is 0 Å². The maximum absolute atomic E-state index is 12.6. The molecule has 0 bridgehead atoms. The van der Waals surface area contributed by atoms with Gasteiger partial charge in [-0.2, -0.15) is 0 Å². The van der Waals surface area contributed by atoms with Gasteiger partial charge >= 0.3 is 0 Å². The molecular weight excluding hydrogens is 450 g/mol. The number of anilines is 2. The summed E-state index contributed by atoms with van der Waals surface area (Å²) in [6, 6.07) is 20.9. The van der Waals surface area contributed by atoms with Gasteiger partial charge in [0.25, 0.3) is 5.91 Å². The van der Waals surface area contributed by atoms with Crippen molar-refractivity contribution in [2.45, 2.75) is 18.1 Å². The van der Waals surface area contributed by atoms with E-state index in [1.54, 1.807) is 4.90 Å².